The third-order valence-electron chi connectivity index (χ3n) is 5.22. The summed E-state index contributed by atoms with van der Waals surface area (Å²) in [7, 11) is -3.62. The molecule has 0 radical (unpaired) electrons. The quantitative estimate of drug-likeness (QED) is 0.472. The van der Waals surface area contributed by atoms with Crippen molar-refractivity contribution in [2.45, 2.75) is 38.5 Å². The molecule has 1 amide bonds. The molecule has 0 saturated heterocycles. The predicted molar refractivity (Wildman–Crippen MR) is 129 cm³/mol. The highest BCUT2D eigenvalue weighted by Crippen LogP contribution is 2.36. The first-order valence-corrected chi connectivity index (χ1v) is 13.0. The van der Waals surface area contributed by atoms with Crippen LogP contribution in [-0.2, 0) is 14.8 Å². The van der Waals surface area contributed by atoms with Gasteiger partial charge in [0.2, 0.25) is 15.9 Å². The summed E-state index contributed by atoms with van der Waals surface area (Å²) in [6.45, 7) is 0.707. The number of ether oxygens (including phenoxy) is 1. The summed E-state index contributed by atoms with van der Waals surface area (Å²) in [4.78, 5) is 12.3. The molecule has 2 aromatic carbocycles. The molecule has 1 aliphatic carbocycles. The Morgan fingerprint density at radius 1 is 1.16 bits per heavy atom. The lowest BCUT2D eigenvalue weighted by Gasteiger charge is -2.25. The summed E-state index contributed by atoms with van der Waals surface area (Å²) in [6.07, 6.45) is 8.40. The van der Waals surface area contributed by atoms with Gasteiger partial charge in [0.1, 0.15) is 5.75 Å². The highest BCUT2D eigenvalue weighted by atomic mass is 35.5. The minimum absolute atomic E-state index is 0.0863. The summed E-state index contributed by atoms with van der Waals surface area (Å²) >= 11 is 6.17. The fraction of sp³-hybridized carbons (Fsp3) is 0.375. The molecule has 3 rings (SSSR count). The number of halogens is 1. The van der Waals surface area contributed by atoms with Gasteiger partial charge < -0.3 is 10.1 Å². The maximum absolute atomic E-state index is 12.6. The van der Waals surface area contributed by atoms with Gasteiger partial charge in [0, 0.05) is 24.5 Å². The zero-order valence-corrected chi connectivity index (χ0v) is 19.8. The van der Waals surface area contributed by atoms with Crippen molar-refractivity contribution in [3.05, 3.63) is 65.2 Å². The van der Waals surface area contributed by atoms with Crippen LogP contribution in [0.2, 0.25) is 5.02 Å². The Kier molecular flexibility index (Phi) is 8.59. The molecule has 8 heteroatoms. The molecular weight excluding hydrogens is 448 g/mol. The van der Waals surface area contributed by atoms with E-state index < -0.39 is 10.0 Å². The smallest absolute Gasteiger partial charge is 0.232 e. The van der Waals surface area contributed by atoms with Crippen LogP contribution in [0.5, 0.6) is 11.5 Å². The van der Waals surface area contributed by atoms with Crippen LogP contribution in [0.4, 0.5) is 5.69 Å². The van der Waals surface area contributed by atoms with Gasteiger partial charge in [0.15, 0.2) is 5.75 Å². The molecule has 0 aliphatic heterocycles. The molecule has 0 atom stereocenters. The second-order valence-electron chi connectivity index (χ2n) is 7.85. The number of anilines is 1. The van der Waals surface area contributed by atoms with Crippen LogP contribution in [0.25, 0.3) is 0 Å². The second-order valence-corrected chi connectivity index (χ2v) is 10.2. The Balaban J connectivity index is 1.67. The van der Waals surface area contributed by atoms with E-state index in [9.17, 15) is 13.2 Å². The van der Waals surface area contributed by atoms with E-state index in [1.165, 1.54) is 16.3 Å². The minimum atomic E-state index is -3.62. The van der Waals surface area contributed by atoms with Crippen LogP contribution in [0.15, 0.2) is 60.2 Å². The second kappa shape index (κ2) is 11.4. The van der Waals surface area contributed by atoms with Crippen molar-refractivity contribution in [2.24, 2.45) is 0 Å². The van der Waals surface area contributed by atoms with Crippen molar-refractivity contribution in [1.29, 1.82) is 0 Å². The summed E-state index contributed by atoms with van der Waals surface area (Å²) < 4.78 is 32.3. The number of rotatable bonds is 10. The van der Waals surface area contributed by atoms with E-state index in [2.05, 4.69) is 11.4 Å². The molecule has 1 aliphatic rings. The number of nitrogens with zero attached hydrogens (tertiary/aromatic N) is 1. The van der Waals surface area contributed by atoms with Crippen LogP contribution >= 0.6 is 11.6 Å². The largest absolute Gasteiger partial charge is 0.455 e. The first-order valence-electron chi connectivity index (χ1n) is 10.8. The molecule has 1 N–H and O–H groups in total. The first-order chi connectivity index (χ1) is 15.3. The van der Waals surface area contributed by atoms with E-state index in [4.69, 9.17) is 16.3 Å². The molecule has 0 aromatic heterocycles. The van der Waals surface area contributed by atoms with Crippen molar-refractivity contribution < 1.29 is 17.9 Å². The fourth-order valence-corrected chi connectivity index (χ4v) is 4.73. The Bertz CT molecular complexity index is 1050. The van der Waals surface area contributed by atoms with Gasteiger partial charge in [-0.25, -0.2) is 8.42 Å². The third kappa shape index (κ3) is 7.28. The Morgan fingerprint density at radius 2 is 1.94 bits per heavy atom. The number of nitrogens with one attached hydrogen (secondary N) is 1. The number of para-hydroxylation sites is 1. The lowest BCUT2D eigenvalue weighted by molar-refractivity contribution is -0.120. The van der Waals surface area contributed by atoms with Crippen molar-refractivity contribution in [3.63, 3.8) is 0 Å². The third-order valence-corrected chi connectivity index (χ3v) is 6.64. The average molecular weight is 477 g/mol. The van der Waals surface area contributed by atoms with Crippen LogP contribution in [0, 0.1) is 0 Å². The van der Waals surface area contributed by atoms with Crippen molar-refractivity contribution >= 4 is 33.2 Å². The van der Waals surface area contributed by atoms with Gasteiger partial charge in [0.05, 0.1) is 11.9 Å². The molecule has 172 valence electrons. The van der Waals surface area contributed by atoms with Crippen LogP contribution in [-0.4, -0.2) is 33.7 Å². The van der Waals surface area contributed by atoms with Gasteiger partial charge in [-0.05, 0) is 62.4 Å². The standard InChI is InChI=1S/C24H29ClN2O4S/c1-32(29,30)27(16-8-13-24(28)26-18-19-9-4-2-5-10-19)22-17-20(25)14-15-23(22)31-21-11-6-3-7-12-21/h3,6-7,9,11-12,14-15,17H,2,4-5,8,10,13,16,18H2,1H3,(H,26,28). The van der Waals surface area contributed by atoms with E-state index >= 15 is 0 Å². The SMILES string of the molecule is CS(=O)(=O)N(CCCC(=O)NCC1=CCCCC1)c1cc(Cl)ccc1Oc1ccccc1. The number of benzene rings is 2. The monoisotopic (exact) mass is 476 g/mol. The lowest BCUT2D eigenvalue weighted by Crippen LogP contribution is -2.32. The summed E-state index contributed by atoms with van der Waals surface area (Å²) in [6, 6.07) is 14.0. The Morgan fingerprint density at radius 3 is 2.62 bits per heavy atom. The molecule has 0 heterocycles. The van der Waals surface area contributed by atoms with E-state index in [1.807, 2.05) is 18.2 Å². The number of amides is 1. The summed E-state index contributed by atoms with van der Waals surface area (Å²) in [5.41, 5.74) is 1.61. The van der Waals surface area contributed by atoms with E-state index in [0.717, 1.165) is 25.5 Å². The van der Waals surface area contributed by atoms with Crippen LogP contribution in [0.1, 0.15) is 38.5 Å². The van der Waals surface area contributed by atoms with Crippen molar-refractivity contribution in [3.8, 4) is 11.5 Å². The van der Waals surface area contributed by atoms with Gasteiger partial charge in [-0.3, -0.25) is 9.10 Å². The number of hydrogen-bond donors (Lipinski definition) is 1. The summed E-state index contributed by atoms with van der Waals surface area (Å²) in [5.74, 6) is 0.873. The Hall–Kier alpha value is -2.51. The average Bonchev–Trinajstić information content (AvgIpc) is 2.77. The van der Waals surface area contributed by atoms with Crippen molar-refractivity contribution in [1.82, 2.24) is 5.32 Å². The number of hydrogen-bond acceptors (Lipinski definition) is 4. The maximum atomic E-state index is 12.6. The van der Waals surface area contributed by atoms with Gasteiger partial charge in [-0.1, -0.05) is 41.4 Å². The normalized spacial score (nSPS) is 13.9. The highest BCUT2D eigenvalue weighted by Gasteiger charge is 2.22. The van der Waals surface area contributed by atoms with E-state index in [1.54, 1.807) is 30.3 Å². The minimum Gasteiger partial charge on any atom is -0.455 e. The maximum Gasteiger partial charge on any atom is 0.232 e. The molecule has 0 unspecified atom stereocenters. The lowest BCUT2D eigenvalue weighted by atomic mass is 10.00. The van der Waals surface area contributed by atoms with Gasteiger partial charge in [-0.2, -0.15) is 0 Å². The molecule has 0 fully saturated rings. The zero-order chi connectivity index (χ0) is 23.0. The van der Waals surface area contributed by atoms with E-state index in [-0.39, 0.29) is 18.9 Å². The van der Waals surface area contributed by atoms with Crippen LogP contribution in [0.3, 0.4) is 0 Å². The van der Waals surface area contributed by atoms with E-state index in [0.29, 0.717) is 35.2 Å². The molecule has 6 nitrogen and oxygen atoms in total. The summed E-state index contributed by atoms with van der Waals surface area (Å²) in [5, 5.41) is 3.33. The van der Waals surface area contributed by atoms with Gasteiger partial charge in [-0.15, -0.1) is 0 Å². The fourth-order valence-electron chi connectivity index (χ4n) is 3.60. The first kappa shape index (κ1) is 24.1. The van der Waals surface area contributed by atoms with Crippen LogP contribution < -0.4 is 14.4 Å². The van der Waals surface area contributed by atoms with Crippen molar-refractivity contribution in [2.75, 3.05) is 23.7 Å². The number of carbonyl (C=O) groups excluding carboxylic acids is 1. The molecule has 0 saturated carbocycles. The topological polar surface area (TPSA) is 75.7 Å². The number of allylic oxidation sites excluding steroid dienone is 1. The molecule has 32 heavy (non-hydrogen) atoms. The molecular formula is C24H29ClN2O4S. The van der Waals surface area contributed by atoms with Gasteiger partial charge in [0.25, 0.3) is 0 Å². The number of sulfonamides is 1. The zero-order valence-electron chi connectivity index (χ0n) is 18.2. The number of carbonyl (C=O) groups is 1. The molecule has 0 spiro atoms. The predicted octanol–water partition coefficient (Wildman–Crippen LogP) is 5.30. The van der Waals surface area contributed by atoms with Gasteiger partial charge >= 0.3 is 0 Å². The molecule has 0 bridgehead atoms. The Labute approximate surface area is 195 Å². The highest BCUT2D eigenvalue weighted by molar-refractivity contribution is 7.92. The molecule has 2 aromatic rings.